The van der Waals surface area contributed by atoms with Crippen LogP contribution in [0.4, 0.5) is 5.69 Å². The molecule has 2 rings (SSSR count). The first-order valence-corrected chi connectivity index (χ1v) is 5.62. The second-order valence-electron chi connectivity index (χ2n) is 4.68. The van der Waals surface area contributed by atoms with Gasteiger partial charge in [0.05, 0.1) is 6.10 Å². The van der Waals surface area contributed by atoms with Gasteiger partial charge in [0.1, 0.15) is 0 Å². The van der Waals surface area contributed by atoms with Gasteiger partial charge in [-0.15, -0.1) is 0 Å². The molecule has 1 aromatic carbocycles. The summed E-state index contributed by atoms with van der Waals surface area (Å²) in [6.07, 6.45) is 3.24. The van der Waals surface area contributed by atoms with Crippen molar-refractivity contribution < 1.29 is 5.11 Å². The summed E-state index contributed by atoms with van der Waals surface area (Å²) in [5.74, 6) is 0.767. The second kappa shape index (κ2) is 4.23. The van der Waals surface area contributed by atoms with Crippen LogP contribution >= 0.6 is 0 Å². The molecule has 1 aromatic rings. The number of benzene rings is 1. The molecule has 0 spiro atoms. The molecule has 2 heteroatoms. The van der Waals surface area contributed by atoms with Crippen LogP contribution in [0, 0.1) is 5.92 Å². The Morgan fingerprint density at radius 2 is 2.13 bits per heavy atom. The average molecular weight is 205 g/mol. The first-order chi connectivity index (χ1) is 7.16. The van der Waals surface area contributed by atoms with Crippen molar-refractivity contribution in [1.82, 2.24) is 0 Å². The lowest BCUT2D eigenvalue weighted by molar-refractivity contribution is 0.160. The highest BCUT2D eigenvalue weighted by molar-refractivity contribution is 5.47. The number of aliphatic hydroxyl groups excluding tert-OH is 1. The molecule has 0 bridgehead atoms. The van der Waals surface area contributed by atoms with Crippen LogP contribution in [0.5, 0.6) is 0 Å². The zero-order valence-corrected chi connectivity index (χ0v) is 9.48. The predicted octanol–water partition coefficient (Wildman–Crippen LogP) is 2.59. The van der Waals surface area contributed by atoms with Crippen LogP contribution in [0.3, 0.4) is 0 Å². The van der Waals surface area contributed by atoms with Crippen LogP contribution in [0.2, 0.25) is 0 Å². The molecule has 1 unspecified atom stereocenters. The Balaban J connectivity index is 2.08. The molecule has 1 aliphatic carbocycles. The summed E-state index contributed by atoms with van der Waals surface area (Å²) in [4.78, 5) is 2.06. The minimum Gasteiger partial charge on any atom is -0.388 e. The van der Waals surface area contributed by atoms with E-state index in [4.69, 9.17) is 0 Å². The first kappa shape index (κ1) is 10.5. The summed E-state index contributed by atoms with van der Waals surface area (Å²) in [5.41, 5.74) is 2.20. The third-order valence-corrected chi connectivity index (χ3v) is 3.02. The van der Waals surface area contributed by atoms with Gasteiger partial charge in [-0.3, -0.25) is 0 Å². The van der Waals surface area contributed by atoms with Gasteiger partial charge in [-0.2, -0.15) is 0 Å². The van der Waals surface area contributed by atoms with E-state index in [0.717, 1.165) is 23.6 Å². The zero-order chi connectivity index (χ0) is 10.8. The highest BCUT2D eigenvalue weighted by atomic mass is 16.3. The molecule has 15 heavy (non-hydrogen) atoms. The van der Waals surface area contributed by atoms with E-state index in [-0.39, 0.29) is 6.10 Å². The van der Waals surface area contributed by atoms with E-state index in [2.05, 4.69) is 17.0 Å². The van der Waals surface area contributed by atoms with Crippen molar-refractivity contribution in [3.8, 4) is 0 Å². The van der Waals surface area contributed by atoms with Gasteiger partial charge in [0, 0.05) is 19.8 Å². The summed E-state index contributed by atoms with van der Waals surface area (Å²) in [6.45, 7) is 0. The van der Waals surface area contributed by atoms with E-state index in [9.17, 15) is 5.11 Å². The lowest BCUT2D eigenvalue weighted by atomic mass is 10.0. The molecule has 0 heterocycles. The van der Waals surface area contributed by atoms with E-state index in [0.29, 0.717) is 0 Å². The Morgan fingerprint density at radius 3 is 2.73 bits per heavy atom. The monoisotopic (exact) mass is 205 g/mol. The van der Waals surface area contributed by atoms with E-state index < -0.39 is 0 Å². The molecule has 1 saturated carbocycles. The number of rotatable bonds is 4. The Kier molecular flexibility index (Phi) is 2.96. The summed E-state index contributed by atoms with van der Waals surface area (Å²) in [7, 11) is 4.04. The Bertz CT molecular complexity index is 331. The van der Waals surface area contributed by atoms with Crippen LogP contribution in [0.1, 0.15) is 30.9 Å². The van der Waals surface area contributed by atoms with Gasteiger partial charge < -0.3 is 10.0 Å². The molecule has 1 aliphatic rings. The molecule has 82 valence electrons. The fourth-order valence-corrected chi connectivity index (χ4v) is 1.82. The van der Waals surface area contributed by atoms with E-state index in [1.807, 2.05) is 26.2 Å². The van der Waals surface area contributed by atoms with Crippen LogP contribution in [-0.4, -0.2) is 19.2 Å². The number of nitrogens with zero attached hydrogens (tertiary/aromatic N) is 1. The van der Waals surface area contributed by atoms with Crippen LogP contribution in [-0.2, 0) is 0 Å². The number of hydrogen-bond donors (Lipinski definition) is 1. The van der Waals surface area contributed by atoms with Crippen LogP contribution in [0.15, 0.2) is 24.3 Å². The number of hydrogen-bond acceptors (Lipinski definition) is 2. The fourth-order valence-electron chi connectivity index (χ4n) is 1.82. The molecule has 0 radical (unpaired) electrons. The molecule has 0 aliphatic heterocycles. The molecular formula is C13H19NO. The van der Waals surface area contributed by atoms with Gasteiger partial charge in [-0.05, 0) is 30.0 Å². The van der Waals surface area contributed by atoms with E-state index >= 15 is 0 Å². The Morgan fingerprint density at radius 1 is 1.40 bits per heavy atom. The maximum absolute atomic E-state index is 10.0. The normalized spacial score (nSPS) is 17.5. The minimum absolute atomic E-state index is 0.280. The van der Waals surface area contributed by atoms with Gasteiger partial charge in [-0.25, -0.2) is 0 Å². The standard InChI is InChI=1S/C13H19NO/c1-14(2)12-5-3-4-11(9-12)13(15)8-10-6-7-10/h3-5,9-10,13,15H,6-8H2,1-2H3. The summed E-state index contributed by atoms with van der Waals surface area (Å²) < 4.78 is 0. The molecule has 0 amide bonds. The molecule has 2 nitrogen and oxygen atoms in total. The van der Waals surface area contributed by atoms with Gasteiger partial charge in [0.2, 0.25) is 0 Å². The van der Waals surface area contributed by atoms with Gasteiger partial charge >= 0.3 is 0 Å². The van der Waals surface area contributed by atoms with Crippen molar-refractivity contribution in [3.05, 3.63) is 29.8 Å². The van der Waals surface area contributed by atoms with E-state index in [1.165, 1.54) is 12.8 Å². The van der Waals surface area contributed by atoms with E-state index in [1.54, 1.807) is 0 Å². The zero-order valence-electron chi connectivity index (χ0n) is 9.48. The van der Waals surface area contributed by atoms with Crippen molar-refractivity contribution in [2.75, 3.05) is 19.0 Å². The van der Waals surface area contributed by atoms with Crippen LogP contribution in [0.25, 0.3) is 0 Å². The van der Waals surface area contributed by atoms with Gasteiger partial charge in [-0.1, -0.05) is 25.0 Å². The van der Waals surface area contributed by atoms with Crippen molar-refractivity contribution in [3.63, 3.8) is 0 Å². The summed E-state index contributed by atoms with van der Waals surface area (Å²) in [6, 6.07) is 8.17. The average Bonchev–Trinajstić information content (AvgIpc) is 3.02. The van der Waals surface area contributed by atoms with Crippen LogP contribution < -0.4 is 4.90 Å². The van der Waals surface area contributed by atoms with Crippen molar-refractivity contribution in [2.24, 2.45) is 5.92 Å². The van der Waals surface area contributed by atoms with Gasteiger partial charge in [0.25, 0.3) is 0 Å². The highest BCUT2D eigenvalue weighted by Crippen LogP contribution is 2.37. The molecule has 0 aromatic heterocycles. The molecule has 1 atom stereocenters. The van der Waals surface area contributed by atoms with Crippen molar-refractivity contribution in [2.45, 2.75) is 25.4 Å². The highest BCUT2D eigenvalue weighted by Gasteiger charge is 2.25. The number of anilines is 1. The maximum atomic E-state index is 10.0. The minimum atomic E-state index is -0.280. The smallest absolute Gasteiger partial charge is 0.0793 e. The molecular weight excluding hydrogens is 186 g/mol. The first-order valence-electron chi connectivity index (χ1n) is 5.62. The molecule has 0 saturated heterocycles. The quantitative estimate of drug-likeness (QED) is 0.816. The second-order valence-corrected chi connectivity index (χ2v) is 4.68. The molecule has 1 N–H and O–H groups in total. The maximum Gasteiger partial charge on any atom is 0.0793 e. The predicted molar refractivity (Wildman–Crippen MR) is 63.1 cm³/mol. The third-order valence-electron chi connectivity index (χ3n) is 3.02. The van der Waals surface area contributed by atoms with Crippen molar-refractivity contribution >= 4 is 5.69 Å². The molecule has 1 fully saturated rings. The summed E-state index contributed by atoms with van der Waals surface area (Å²) >= 11 is 0. The Labute approximate surface area is 91.5 Å². The number of aliphatic hydroxyl groups is 1. The lowest BCUT2D eigenvalue weighted by Crippen LogP contribution is -2.09. The fraction of sp³-hybridized carbons (Fsp3) is 0.538. The SMILES string of the molecule is CN(C)c1cccc(C(O)CC2CC2)c1. The Hall–Kier alpha value is -1.02. The van der Waals surface area contributed by atoms with Crippen molar-refractivity contribution in [1.29, 1.82) is 0 Å². The topological polar surface area (TPSA) is 23.5 Å². The van der Waals surface area contributed by atoms with Gasteiger partial charge in [0.15, 0.2) is 0 Å². The largest absolute Gasteiger partial charge is 0.388 e. The lowest BCUT2D eigenvalue weighted by Gasteiger charge is -2.16. The summed E-state index contributed by atoms with van der Waals surface area (Å²) in [5, 5.41) is 10.0. The third kappa shape index (κ3) is 2.72.